The van der Waals surface area contributed by atoms with Crippen molar-refractivity contribution in [1.82, 2.24) is 15.5 Å². The number of nitrogens with one attached hydrogen (secondary N) is 2. The van der Waals surface area contributed by atoms with E-state index in [4.69, 9.17) is 4.42 Å². The van der Waals surface area contributed by atoms with Crippen molar-refractivity contribution in [1.29, 1.82) is 0 Å². The lowest BCUT2D eigenvalue weighted by Gasteiger charge is -2.27. The predicted molar refractivity (Wildman–Crippen MR) is 74.3 cm³/mol. The number of hydrogen-bond donors (Lipinski definition) is 2. The Bertz CT molecular complexity index is 439. The fourth-order valence-corrected chi connectivity index (χ4v) is 2.47. The predicted octanol–water partition coefficient (Wildman–Crippen LogP) is 0.467. The standard InChI is InChI=1S/C14H21N3O3/c1-17(9-11-4-2-6-15-8-11)10-13(18)16-14(19)12-5-3-7-20-12/h3,5,7,11,15H,2,4,6,8-10H2,1H3,(H,16,18,19). The second kappa shape index (κ2) is 7.21. The molecule has 1 fully saturated rings. The zero-order valence-corrected chi connectivity index (χ0v) is 11.7. The highest BCUT2D eigenvalue weighted by Crippen LogP contribution is 2.10. The molecule has 2 amide bonds. The van der Waals surface area contributed by atoms with Gasteiger partial charge >= 0.3 is 0 Å². The third-order valence-corrected chi connectivity index (χ3v) is 3.38. The molecule has 110 valence electrons. The van der Waals surface area contributed by atoms with Crippen molar-refractivity contribution in [2.24, 2.45) is 5.92 Å². The molecule has 0 bridgehead atoms. The number of rotatable bonds is 5. The van der Waals surface area contributed by atoms with Crippen LogP contribution in [0.25, 0.3) is 0 Å². The lowest BCUT2D eigenvalue weighted by Crippen LogP contribution is -2.42. The first kappa shape index (κ1) is 14.7. The van der Waals surface area contributed by atoms with Gasteiger partial charge in [-0.3, -0.25) is 19.8 Å². The molecule has 1 atom stereocenters. The van der Waals surface area contributed by atoms with Gasteiger partial charge in [0.1, 0.15) is 0 Å². The second-order valence-corrected chi connectivity index (χ2v) is 5.26. The van der Waals surface area contributed by atoms with Gasteiger partial charge in [0.05, 0.1) is 12.8 Å². The Morgan fingerprint density at radius 2 is 2.40 bits per heavy atom. The molecular formula is C14H21N3O3. The topological polar surface area (TPSA) is 74.6 Å². The van der Waals surface area contributed by atoms with E-state index >= 15 is 0 Å². The van der Waals surface area contributed by atoms with Crippen molar-refractivity contribution in [2.75, 3.05) is 33.2 Å². The summed E-state index contributed by atoms with van der Waals surface area (Å²) in [5, 5.41) is 5.67. The van der Waals surface area contributed by atoms with Crippen molar-refractivity contribution >= 4 is 11.8 Å². The molecule has 1 aliphatic rings. The lowest BCUT2D eigenvalue weighted by molar-refractivity contribution is -0.121. The Labute approximate surface area is 118 Å². The molecule has 0 radical (unpaired) electrons. The molecule has 2 heterocycles. The molecule has 2 rings (SSSR count). The summed E-state index contributed by atoms with van der Waals surface area (Å²) in [6, 6.07) is 3.14. The molecule has 1 unspecified atom stereocenters. The summed E-state index contributed by atoms with van der Waals surface area (Å²) in [7, 11) is 1.89. The van der Waals surface area contributed by atoms with Gasteiger partial charge in [-0.25, -0.2) is 0 Å². The molecule has 20 heavy (non-hydrogen) atoms. The van der Waals surface area contributed by atoms with E-state index in [0.717, 1.165) is 19.6 Å². The van der Waals surface area contributed by atoms with Gasteiger partial charge < -0.3 is 9.73 Å². The van der Waals surface area contributed by atoms with Crippen LogP contribution >= 0.6 is 0 Å². The number of imide groups is 1. The van der Waals surface area contributed by atoms with Crippen molar-refractivity contribution in [2.45, 2.75) is 12.8 Å². The van der Waals surface area contributed by atoms with Gasteiger partial charge in [0.25, 0.3) is 5.91 Å². The van der Waals surface area contributed by atoms with Crippen LogP contribution in [0.1, 0.15) is 23.4 Å². The van der Waals surface area contributed by atoms with Crippen LogP contribution in [0.5, 0.6) is 0 Å². The van der Waals surface area contributed by atoms with E-state index in [1.165, 1.54) is 25.2 Å². The van der Waals surface area contributed by atoms with Crippen LogP contribution in [-0.4, -0.2) is 49.9 Å². The first-order chi connectivity index (χ1) is 9.65. The minimum absolute atomic E-state index is 0.150. The molecule has 6 nitrogen and oxygen atoms in total. The van der Waals surface area contributed by atoms with Gasteiger partial charge in [-0.1, -0.05) is 0 Å². The highest BCUT2D eigenvalue weighted by Gasteiger charge is 2.18. The van der Waals surface area contributed by atoms with Gasteiger partial charge in [-0.2, -0.15) is 0 Å². The smallest absolute Gasteiger partial charge is 0.293 e. The molecule has 1 aromatic heterocycles. The SMILES string of the molecule is CN(CC(=O)NC(=O)c1ccco1)CC1CCCNC1. The fraction of sp³-hybridized carbons (Fsp3) is 0.571. The monoisotopic (exact) mass is 279 g/mol. The molecule has 6 heteroatoms. The average molecular weight is 279 g/mol. The van der Waals surface area contributed by atoms with Gasteiger partial charge in [-0.05, 0) is 51.0 Å². The third kappa shape index (κ3) is 4.47. The van der Waals surface area contributed by atoms with Crippen LogP contribution in [0.2, 0.25) is 0 Å². The molecule has 0 aromatic carbocycles. The second-order valence-electron chi connectivity index (χ2n) is 5.26. The van der Waals surface area contributed by atoms with Crippen LogP contribution in [0.15, 0.2) is 22.8 Å². The number of likely N-dealkylation sites (N-methyl/N-ethyl adjacent to an activating group) is 1. The summed E-state index contributed by atoms with van der Waals surface area (Å²) in [5.74, 6) is -0.0785. The van der Waals surface area contributed by atoms with E-state index in [9.17, 15) is 9.59 Å². The van der Waals surface area contributed by atoms with E-state index < -0.39 is 5.91 Å². The van der Waals surface area contributed by atoms with E-state index in [-0.39, 0.29) is 18.2 Å². The van der Waals surface area contributed by atoms with Crippen LogP contribution in [0, 0.1) is 5.92 Å². The number of piperidine rings is 1. The molecule has 0 aliphatic carbocycles. The summed E-state index contributed by atoms with van der Waals surface area (Å²) in [6.07, 6.45) is 3.77. The van der Waals surface area contributed by atoms with Gasteiger partial charge in [0, 0.05) is 6.54 Å². The molecule has 1 saturated heterocycles. The first-order valence-electron chi connectivity index (χ1n) is 6.92. The van der Waals surface area contributed by atoms with E-state index in [0.29, 0.717) is 5.92 Å². The Morgan fingerprint density at radius 1 is 1.55 bits per heavy atom. The number of hydrogen-bond acceptors (Lipinski definition) is 5. The number of carbonyl (C=O) groups excluding carboxylic acids is 2. The van der Waals surface area contributed by atoms with Gasteiger partial charge in [-0.15, -0.1) is 0 Å². The average Bonchev–Trinajstić information content (AvgIpc) is 2.93. The quantitative estimate of drug-likeness (QED) is 0.819. The van der Waals surface area contributed by atoms with Crippen molar-refractivity contribution in [3.63, 3.8) is 0 Å². The summed E-state index contributed by atoms with van der Waals surface area (Å²) < 4.78 is 4.94. The van der Waals surface area contributed by atoms with Crippen LogP contribution in [0.3, 0.4) is 0 Å². The molecule has 1 aliphatic heterocycles. The molecule has 1 aromatic rings. The van der Waals surface area contributed by atoms with Crippen LogP contribution < -0.4 is 10.6 Å². The van der Waals surface area contributed by atoms with Crippen molar-refractivity contribution < 1.29 is 14.0 Å². The molecule has 0 saturated carbocycles. The van der Waals surface area contributed by atoms with Gasteiger partial charge in [0.2, 0.25) is 5.91 Å². The summed E-state index contributed by atoms with van der Waals surface area (Å²) >= 11 is 0. The van der Waals surface area contributed by atoms with Gasteiger partial charge in [0.15, 0.2) is 5.76 Å². The maximum absolute atomic E-state index is 11.8. The Kier molecular flexibility index (Phi) is 5.31. The summed E-state index contributed by atoms with van der Waals surface area (Å²) in [4.78, 5) is 25.4. The Balaban J connectivity index is 1.71. The normalized spacial score (nSPS) is 19.0. The number of furan rings is 1. The highest BCUT2D eigenvalue weighted by atomic mass is 16.3. The van der Waals surface area contributed by atoms with E-state index in [1.54, 1.807) is 6.07 Å². The lowest BCUT2D eigenvalue weighted by atomic mass is 9.99. The third-order valence-electron chi connectivity index (χ3n) is 3.38. The van der Waals surface area contributed by atoms with Crippen molar-refractivity contribution in [3.8, 4) is 0 Å². The fourth-order valence-electron chi connectivity index (χ4n) is 2.47. The number of nitrogens with zero attached hydrogens (tertiary/aromatic N) is 1. The Hall–Kier alpha value is -1.66. The van der Waals surface area contributed by atoms with E-state index in [2.05, 4.69) is 10.6 Å². The maximum atomic E-state index is 11.8. The molecular weight excluding hydrogens is 258 g/mol. The minimum Gasteiger partial charge on any atom is -0.459 e. The zero-order valence-electron chi connectivity index (χ0n) is 11.7. The minimum atomic E-state index is -0.493. The number of carbonyl (C=O) groups is 2. The summed E-state index contributed by atoms with van der Waals surface area (Å²) in [5.41, 5.74) is 0. The van der Waals surface area contributed by atoms with E-state index in [1.807, 2.05) is 11.9 Å². The molecule has 0 spiro atoms. The maximum Gasteiger partial charge on any atom is 0.293 e. The molecule has 2 N–H and O–H groups in total. The summed E-state index contributed by atoms with van der Waals surface area (Å²) in [6.45, 7) is 3.15. The zero-order chi connectivity index (χ0) is 14.4. The first-order valence-corrected chi connectivity index (χ1v) is 6.92. The van der Waals surface area contributed by atoms with Crippen LogP contribution in [0.4, 0.5) is 0 Å². The Morgan fingerprint density at radius 3 is 3.05 bits per heavy atom. The van der Waals surface area contributed by atoms with Crippen molar-refractivity contribution in [3.05, 3.63) is 24.2 Å². The van der Waals surface area contributed by atoms with Crippen LogP contribution in [-0.2, 0) is 4.79 Å². The largest absolute Gasteiger partial charge is 0.459 e. The highest BCUT2D eigenvalue weighted by molar-refractivity contribution is 6.03. The number of amides is 2.